The number of aromatic nitrogens is 1. The van der Waals surface area contributed by atoms with Crippen LogP contribution < -0.4 is 0 Å². The summed E-state index contributed by atoms with van der Waals surface area (Å²) in [7, 11) is 0. The lowest BCUT2D eigenvalue weighted by molar-refractivity contribution is 1.09. The molecule has 0 saturated heterocycles. The van der Waals surface area contributed by atoms with Crippen molar-refractivity contribution in [1.82, 2.24) is 4.98 Å². The molecule has 2 aromatic rings. The predicted molar refractivity (Wildman–Crippen MR) is 56.8 cm³/mol. The van der Waals surface area contributed by atoms with Gasteiger partial charge in [-0.1, -0.05) is 30.4 Å². The van der Waals surface area contributed by atoms with Gasteiger partial charge >= 0.3 is 0 Å². The van der Waals surface area contributed by atoms with Crippen LogP contribution in [0.2, 0.25) is 0 Å². The first-order valence-corrected chi connectivity index (χ1v) is 4.47. The van der Waals surface area contributed by atoms with Crippen LogP contribution in [0.5, 0.6) is 0 Å². The summed E-state index contributed by atoms with van der Waals surface area (Å²) in [5.74, 6) is 0. The highest BCUT2D eigenvalue weighted by atomic mass is 14.7. The fourth-order valence-electron chi connectivity index (χ4n) is 1.55. The van der Waals surface area contributed by atoms with Crippen molar-refractivity contribution in [3.63, 3.8) is 0 Å². The smallest absolute Gasteiger partial charge is 0.0456 e. The molecule has 0 unspecified atom stereocenters. The van der Waals surface area contributed by atoms with Gasteiger partial charge in [0.05, 0.1) is 0 Å². The molecule has 0 aliphatic rings. The van der Waals surface area contributed by atoms with Gasteiger partial charge in [-0.2, -0.15) is 0 Å². The van der Waals surface area contributed by atoms with Gasteiger partial charge in [-0.15, -0.1) is 0 Å². The first kappa shape index (κ1) is 8.11. The number of hydrogen-bond donors (Lipinski definition) is 1. The highest BCUT2D eigenvalue weighted by Gasteiger charge is 1.98. The van der Waals surface area contributed by atoms with Crippen molar-refractivity contribution in [2.75, 3.05) is 0 Å². The van der Waals surface area contributed by atoms with Crippen LogP contribution in [0.15, 0.2) is 42.5 Å². The van der Waals surface area contributed by atoms with E-state index in [1.54, 1.807) is 0 Å². The Balaban J connectivity index is 2.44. The van der Waals surface area contributed by atoms with E-state index in [1.807, 2.05) is 13.0 Å². The highest BCUT2D eigenvalue weighted by Crippen LogP contribution is 2.16. The largest absolute Gasteiger partial charge is 0.358 e. The maximum absolute atomic E-state index is 3.90. The Hall–Kier alpha value is -1.50. The Labute approximate surface area is 78.1 Å². The molecule has 0 saturated carbocycles. The van der Waals surface area contributed by atoms with Gasteiger partial charge in [-0.05, 0) is 24.4 Å². The van der Waals surface area contributed by atoms with Crippen LogP contribution in [-0.2, 0) is 6.42 Å². The third-order valence-electron chi connectivity index (χ3n) is 2.08. The summed E-state index contributed by atoms with van der Waals surface area (Å²) < 4.78 is 0. The molecular formula is C12H13N. The van der Waals surface area contributed by atoms with E-state index >= 15 is 0 Å². The molecule has 1 N–H and O–H groups in total. The molecule has 1 nitrogen and oxygen atoms in total. The minimum atomic E-state index is 0.939. The molecule has 1 heterocycles. The number of H-pyrrole nitrogens is 1. The van der Waals surface area contributed by atoms with E-state index in [0.717, 1.165) is 6.42 Å². The Bertz CT molecular complexity index is 404. The SMILES string of the molecule is C=C(C)Cc1cc2ccccc2[nH]1. The molecule has 1 aromatic carbocycles. The zero-order valence-corrected chi connectivity index (χ0v) is 7.80. The number of rotatable bonds is 2. The third kappa shape index (κ3) is 1.64. The number of benzene rings is 1. The fraction of sp³-hybridized carbons (Fsp3) is 0.167. The topological polar surface area (TPSA) is 15.8 Å². The van der Waals surface area contributed by atoms with Gasteiger partial charge in [0.1, 0.15) is 0 Å². The summed E-state index contributed by atoms with van der Waals surface area (Å²) in [5, 5.41) is 1.28. The lowest BCUT2D eigenvalue weighted by Gasteiger charge is -1.93. The molecule has 1 heteroatoms. The minimum Gasteiger partial charge on any atom is -0.358 e. The quantitative estimate of drug-likeness (QED) is 0.667. The molecule has 0 aliphatic carbocycles. The molecule has 1 aromatic heterocycles. The van der Waals surface area contributed by atoms with Crippen LogP contribution in [0.25, 0.3) is 10.9 Å². The predicted octanol–water partition coefficient (Wildman–Crippen LogP) is 3.29. The van der Waals surface area contributed by atoms with Crippen molar-refractivity contribution in [3.8, 4) is 0 Å². The summed E-state index contributed by atoms with van der Waals surface area (Å²) in [6.07, 6.45) is 0.939. The van der Waals surface area contributed by atoms with Crippen LogP contribution in [0, 0.1) is 0 Å². The number of nitrogens with one attached hydrogen (secondary N) is 1. The number of para-hydroxylation sites is 1. The third-order valence-corrected chi connectivity index (χ3v) is 2.08. The lowest BCUT2D eigenvalue weighted by Crippen LogP contribution is -1.83. The molecule has 0 aliphatic heterocycles. The van der Waals surface area contributed by atoms with E-state index in [9.17, 15) is 0 Å². The molecule has 0 atom stereocenters. The maximum atomic E-state index is 3.90. The molecule has 0 amide bonds. The van der Waals surface area contributed by atoms with Crippen molar-refractivity contribution in [1.29, 1.82) is 0 Å². The number of fused-ring (bicyclic) bond motifs is 1. The fourth-order valence-corrected chi connectivity index (χ4v) is 1.55. The molecule has 66 valence electrons. The molecule has 0 bridgehead atoms. The van der Waals surface area contributed by atoms with Gasteiger partial charge in [0.25, 0.3) is 0 Å². The van der Waals surface area contributed by atoms with Gasteiger partial charge in [0.15, 0.2) is 0 Å². The van der Waals surface area contributed by atoms with E-state index < -0.39 is 0 Å². The Morgan fingerprint density at radius 2 is 2.15 bits per heavy atom. The van der Waals surface area contributed by atoms with Crippen molar-refractivity contribution in [2.45, 2.75) is 13.3 Å². The summed E-state index contributed by atoms with van der Waals surface area (Å²) in [5.41, 5.74) is 3.64. The van der Waals surface area contributed by atoms with Crippen molar-refractivity contribution in [2.24, 2.45) is 0 Å². The average Bonchev–Trinajstić information content (AvgIpc) is 2.44. The first-order chi connectivity index (χ1) is 6.25. The Morgan fingerprint density at radius 3 is 2.85 bits per heavy atom. The van der Waals surface area contributed by atoms with E-state index in [1.165, 1.54) is 22.2 Å². The van der Waals surface area contributed by atoms with Gasteiger partial charge in [0.2, 0.25) is 0 Å². The van der Waals surface area contributed by atoms with Crippen molar-refractivity contribution >= 4 is 10.9 Å². The molecule has 0 spiro atoms. The van der Waals surface area contributed by atoms with Crippen LogP contribution in [0.4, 0.5) is 0 Å². The zero-order chi connectivity index (χ0) is 9.26. The van der Waals surface area contributed by atoms with Gasteiger partial charge in [0, 0.05) is 17.6 Å². The summed E-state index contributed by atoms with van der Waals surface area (Å²) >= 11 is 0. The Kier molecular flexibility index (Phi) is 1.93. The van der Waals surface area contributed by atoms with Crippen LogP contribution in [0.1, 0.15) is 12.6 Å². The standard InChI is InChI=1S/C12H13N/c1-9(2)7-11-8-10-5-3-4-6-12(10)13-11/h3-6,8,13H,1,7H2,2H3. The molecular weight excluding hydrogens is 158 g/mol. The van der Waals surface area contributed by atoms with Crippen molar-refractivity contribution in [3.05, 3.63) is 48.2 Å². The normalized spacial score (nSPS) is 10.5. The molecule has 0 fully saturated rings. The summed E-state index contributed by atoms with van der Waals surface area (Å²) in [4.78, 5) is 3.37. The van der Waals surface area contributed by atoms with E-state index in [4.69, 9.17) is 0 Å². The molecule has 0 radical (unpaired) electrons. The first-order valence-electron chi connectivity index (χ1n) is 4.47. The van der Waals surface area contributed by atoms with E-state index in [2.05, 4.69) is 35.8 Å². The van der Waals surface area contributed by atoms with Gasteiger partial charge < -0.3 is 4.98 Å². The lowest BCUT2D eigenvalue weighted by atomic mass is 10.2. The molecule has 2 rings (SSSR count). The average molecular weight is 171 g/mol. The van der Waals surface area contributed by atoms with E-state index in [-0.39, 0.29) is 0 Å². The number of hydrogen-bond acceptors (Lipinski definition) is 0. The number of aromatic amines is 1. The second-order valence-corrected chi connectivity index (χ2v) is 3.52. The van der Waals surface area contributed by atoms with Crippen LogP contribution >= 0.6 is 0 Å². The van der Waals surface area contributed by atoms with Gasteiger partial charge in [-0.25, -0.2) is 0 Å². The monoisotopic (exact) mass is 171 g/mol. The summed E-state index contributed by atoms with van der Waals surface area (Å²) in [6.45, 7) is 5.95. The second kappa shape index (κ2) is 3.09. The van der Waals surface area contributed by atoms with E-state index in [0.29, 0.717) is 0 Å². The number of allylic oxidation sites excluding steroid dienone is 1. The molecule has 13 heavy (non-hydrogen) atoms. The summed E-state index contributed by atoms with van der Waals surface area (Å²) in [6, 6.07) is 10.5. The maximum Gasteiger partial charge on any atom is 0.0456 e. The van der Waals surface area contributed by atoms with Crippen molar-refractivity contribution < 1.29 is 0 Å². The van der Waals surface area contributed by atoms with Gasteiger partial charge in [-0.3, -0.25) is 0 Å². The minimum absolute atomic E-state index is 0.939. The van der Waals surface area contributed by atoms with Crippen LogP contribution in [-0.4, -0.2) is 4.98 Å². The van der Waals surface area contributed by atoms with Crippen LogP contribution in [0.3, 0.4) is 0 Å². The highest BCUT2D eigenvalue weighted by molar-refractivity contribution is 5.80. The Morgan fingerprint density at radius 1 is 1.38 bits per heavy atom. The zero-order valence-electron chi connectivity index (χ0n) is 7.80. The second-order valence-electron chi connectivity index (χ2n) is 3.52.